The number of halogens is 1. The number of thiophene rings is 1. The number of hydrogen-bond acceptors (Lipinski definition) is 6. The molecule has 1 fully saturated rings. The highest BCUT2D eigenvalue weighted by Gasteiger charge is 2.35. The summed E-state index contributed by atoms with van der Waals surface area (Å²) in [6.07, 6.45) is 4.02. The summed E-state index contributed by atoms with van der Waals surface area (Å²) in [5.41, 5.74) is 1.36. The van der Waals surface area contributed by atoms with E-state index in [1.54, 1.807) is 25.3 Å². The molecule has 0 unspecified atom stereocenters. The van der Waals surface area contributed by atoms with Crippen molar-refractivity contribution in [2.24, 2.45) is 0 Å². The molecule has 0 spiro atoms. The molecule has 4 aromatic rings. The molecule has 2 aromatic carbocycles. The Labute approximate surface area is 193 Å². The number of ether oxygens (including phenoxy) is 2. The Bertz CT molecular complexity index is 1340. The Hall–Kier alpha value is -2.87. The minimum absolute atomic E-state index is 0.153. The van der Waals surface area contributed by atoms with Crippen molar-refractivity contribution in [3.8, 4) is 27.6 Å². The lowest BCUT2D eigenvalue weighted by Gasteiger charge is -2.36. The maximum absolute atomic E-state index is 13.2. The van der Waals surface area contributed by atoms with Crippen molar-refractivity contribution in [2.75, 3.05) is 13.7 Å². The summed E-state index contributed by atoms with van der Waals surface area (Å²) < 4.78 is 13.3. The van der Waals surface area contributed by atoms with Gasteiger partial charge < -0.3 is 14.6 Å². The van der Waals surface area contributed by atoms with Crippen LogP contribution in [0, 0.1) is 0 Å². The van der Waals surface area contributed by atoms with Gasteiger partial charge in [-0.3, -0.25) is 9.36 Å². The molecule has 0 bridgehead atoms. The summed E-state index contributed by atoms with van der Waals surface area (Å²) in [5.74, 6) is 1.02. The van der Waals surface area contributed by atoms with Crippen LogP contribution < -0.4 is 15.0 Å². The summed E-state index contributed by atoms with van der Waals surface area (Å²) in [4.78, 5) is 18.7. The van der Waals surface area contributed by atoms with Crippen LogP contribution in [0.15, 0.2) is 59.7 Å². The second kappa shape index (κ2) is 8.24. The van der Waals surface area contributed by atoms with Gasteiger partial charge in [0.25, 0.3) is 5.56 Å². The molecule has 164 valence electrons. The predicted molar refractivity (Wildman–Crippen MR) is 127 cm³/mol. The quantitative estimate of drug-likeness (QED) is 0.427. The summed E-state index contributed by atoms with van der Waals surface area (Å²) in [5, 5.41) is 10.9. The molecule has 1 aliphatic rings. The number of benzene rings is 2. The van der Waals surface area contributed by atoms with Gasteiger partial charge >= 0.3 is 0 Å². The Morgan fingerprint density at radius 1 is 1.16 bits per heavy atom. The smallest absolute Gasteiger partial charge is 0.275 e. The van der Waals surface area contributed by atoms with E-state index in [1.807, 2.05) is 30.3 Å². The lowest BCUT2D eigenvalue weighted by Crippen LogP contribution is -2.42. The van der Waals surface area contributed by atoms with Gasteiger partial charge in [-0.2, -0.15) is 0 Å². The third-order valence-electron chi connectivity index (χ3n) is 5.77. The summed E-state index contributed by atoms with van der Waals surface area (Å²) >= 11 is 7.39. The van der Waals surface area contributed by atoms with Gasteiger partial charge in [-0.25, -0.2) is 4.98 Å². The summed E-state index contributed by atoms with van der Waals surface area (Å²) in [6, 6.07) is 14.7. The predicted octanol–water partition coefficient (Wildman–Crippen LogP) is 5.07. The van der Waals surface area contributed by atoms with Crippen molar-refractivity contribution < 1.29 is 14.6 Å². The maximum Gasteiger partial charge on any atom is 0.275 e. The van der Waals surface area contributed by atoms with Crippen LogP contribution in [-0.2, 0) is 0 Å². The van der Waals surface area contributed by atoms with Gasteiger partial charge in [0, 0.05) is 16.0 Å². The topological polar surface area (TPSA) is 73.6 Å². The summed E-state index contributed by atoms with van der Waals surface area (Å²) in [7, 11) is 1.55. The highest BCUT2D eigenvalue weighted by Crippen LogP contribution is 2.35. The molecule has 1 aliphatic carbocycles. The molecule has 32 heavy (non-hydrogen) atoms. The first-order valence-electron chi connectivity index (χ1n) is 10.3. The molecule has 2 aromatic heterocycles. The molecule has 0 radical (unpaired) electrons. The van der Waals surface area contributed by atoms with E-state index in [0.717, 1.165) is 29.7 Å². The number of rotatable bonds is 6. The van der Waals surface area contributed by atoms with Gasteiger partial charge in [0.05, 0.1) is 23.9 Å². The number of aromatic nitrogens is 2. The van der Waals surface area contributed by atoms with Crippen LogP contribution in [-0.4, -0.2) is 34.0 Å². The Morgan fingerprint density at radius 2 is 1.94 bits per heavy atom. The van der Waals surface area contributed by atoms with Crippen LogP contribution in [0.25, 0.3) is 26.3 Å². The zero-order chi connectivity index (χ0) is 22.3. The van der Waals surface area contributed by atoms with E-state index in [2.05, 4.69) is 4.98 Å². The molecule has 0 atom stereocenters. The largest absolute Gasteiger partial charge is 0.493 e. The fourth-order valence-electron chi connectivity index (χ4n) is 3.72. The van der Waals surface area contributed by atoms with Crippen LogP contribution in [0.2, 0.25) is 5.02 Å². The van der Waals surface area contributed by atoms with Crippen molar-refractivity contribution in [3.63, 3.8) is 0 Å². The van der Waals surface area contributed by atoms with Gasteiger partial charge in [-0.1, -0.05) is 23.7 Å². The van der Waals surface area contributed by atoms with Gasteiger partial charge in [0.1, 0.15) is 17.6 Å². The van der Waals surface area contributed by atoms with Gasteiger partial charge in [0.15, 0.2) is 11.5 Å². The molecule has 8 heteroatoms. The second-order valence-corrected chi connectivity index (χ2v) is 9.44. The third-order valence-corrected chi connectivity index (χ3v) is 7.19. The number of hydrogen-bond donors (Lipinski definition) is 1. The van der Waals surface area contributed by atoms with Crippen molar-refractivity contribution in [2.45, 2.75) is 24.9 Å². The van der Waals surface area contributed by atoms with Gasteiger partial charge in [-0.05, 0) is 55.2 Å². The molecule has 2 heterocycles. The number of nitrogens with zero attached hydrogens (tertiary/aromatic N) is 2. The van der Waals surface area contributed by atoms with E-state index in [-0.39, 0.29) is 12.2 Å². The average Bonchev–Trinajstić information content (AvgIpc) is 3.22. The normalized spacial score (nSPS) is 14.8. The van der Waals surface area contributed by atoms with E-state index in [9.17, 15) is 9.90 Å². The van der Waals surface area contributed by atoms with E-state index < -0.39 is 5.60 Å². The highest BCUT2D eigenvalue weighted by atomic mass is 35.5. The van der Waals surface area contributed by atoms with Crippen LogP contribution >= 0.6 is 22.9 Å². The molecule has 6 nitrogen and oxygen atoms in total. The molecular weight excluding hydrogens is 448 g/mol. The van der Waals surface area contributed by atoms with Crippen molar-refractivity contribution in [1.29, 1.82) is 0 Å². The van der Waals surface area contributed by atoms with Crippen LogP contribution in [0.5, 0.6) is 11.5 Å². The molecule has 1 saturated carbocycles. The van der Waals surface area contributed by atoms with Crippen LogP contribution in [0.4, 0.5) is 0 Å². The lowest BCUT2D eigenvalue weighted by atomic mass is 9.81. The molecule has 0 amide bonds. The molecular formula is C24H21ClN2O4S. The molecule has 5 rings (SSSR count). The van der Waals surface area contributed by atoms with E-state index in [1.165, 1.54) is 22.2 Å². The first kappa shape index (κ1) is 21.0. The second-order valence-electron chi connectivity index (χ2n) is 7.95. The molecule has 0 aliphatic heterocycles. The van der Waals surface area contributed by atoms with E-state index in [0.29, 0.717) is 32.4 Å². The maximum atomic E-state index is 13.2. The fourth-order valence-corrected chi connectivity index (χ4v) is 4.89. The minimum atomic E-state index is -0.753. The first-order valence-corrected chi connectivity index (χ1v) is 11.5. The average molecular weight is 469 g/mol. The van der Waals surface area contributed by atoms with E-state index in [4.69, 9.17) is 21.1 Å². The summed E-state index contributed by atoms with van der Waals surface area (Å²) in [6.45, 7) is 0.221. The Kier molecular flexibility index (Phi) is 5.41. The molecule has 1 N–H and O–H groups in total. The van der Waals surface area contributed by atoms with Gasteiger partial charge in [-0.15, -0.1) is 11.3 Å². The standard InChI is InChI=1S/C24H21ClN2O4S/c1-30-20-11-17(7-8-19(20)31-13-24(29)9-2-10-24)27-14-26-18-12-21(32-22(18)23(27)28)15-3-5-16(25)6-4-15/h3-8,11-12,14,29H,2,9-10,13H2,1H3. The zero-order valence-corrected chi connectivity index (χ0v) is 18.9. The number of methoxy groups -OCH3 is 1. The Balaban J connectivity index is 1.47. The minimum Gasteiger partial charge on any atom is -0.493 e. The first-order chi connectivity index (χ1) is 15.5. The fraction of sp³-hybridized carbons (Fsp3) is 0.250. The number of aliphatic hydroxyl groups is 1. The highest BCUT2D eigenvalue weighted by molar-refractivity contribution is 7.22. The van der Waals surface area contributed by atoms with E-state index >= 15 is 0 Å². The Morgan fingerprint density at radius 3 is 2.62 bits per heavy atom. The lowest BCUT2D eigenvalue weighted by molar-refractivity contribution is -0.0667. The van der Waals surface area contributed by atoms with Crippen LogP contribution in [0.3, 0.4) is 0 Å². The SMILES string of the molecule is COc1cc(-n2cnc3cc(-c4ccc(Cl)cc4)sc3c2=O)ccc1OCC1(O)CCC1. The van der Waals surface area contributed by atoms with Crippen molar-refractivity contribution in [3.05, 3.63) is 70.2 Å². The van der Waals surface area contributed by atoms with Crippen molar-refractivity contribution >= 4 is 33.2 Å². The number of fused-ring (bicyclic) bond motifs is 1. The third kappa shape index (κ3) is 3.88. The monoisotopic (exact) mass is 468 g/mol. The van der Waals surface area contributed by atoms with Crippen LogP contribution in [0.1, 0.15) is 19.3 Å². The van der Waals surface area contributed by atoms with Gasteiger partial charge in [0.2, 0.25) is 0 Å². The van der Waals surface area contributed by atoms with Crippen molar-refractivity contribution in [1.82, 2.24) is 9.55 Å². The molecule has 0 saturated heterocycles. The zero-order valence-electron chi connectivity index (χ0n) is 17.4.